The molecule has 4 rings (SSSR count). The summed E-state index contributed by atoms with van der Waals surface area (Å²) in [5.74, 6) is 0.291. The first kappa shape index (κ1) is 19.7. The number of carbonyl (C=O) groups is 1. The smallest absolute Gasteiger partial charge is 0.222 e. The topological polar surface area (TPSA) is 57.2 Å². The second kappa shape index (κ2) is 8.82. The van der Waals surface area contributed by atoms with Crippen LogP contribution in [0.4, 0.5) is 0 Å². The molecule has 0 bridgehead atoms. The highest BCUT2D eigenvalue weighted by Gasteiger charge is 2.21. The first-order valence-corrected chi connectivity index (χ1v) is 10.7. The summed E-state index contributed by atoms with van der Waals surface area (Å²) in [5, 5.41) is 5.81. The number of H-pyrrole nitrogens is 1. The summed E-state index contributed by atoms with van der Waals surface area (Å²) in [6, 6.07) is 8.36. The van der Waals surface area contributed by atoms with E-state index in [1.54, 1.807) is 0 Å². The molecular formula is C23H31N5O. The van der Waals surface area contributed by atoms with Gasteiger partial charge < -0.3 is 9.88 Å². The normalized spacial score (nSPS) is 15.3. The third-order valence-corrected chi connectivity index (χ3v) is 6.00. The second-order valence-electron chi connectivity index (χ2n) is 7.97. The van der Waals surface area contributed by atoms with Crippen LogP contribution in [0.3, 0.4) is 0 Å². The molecule has 1 amide bonds. The van der Waals surface area contributed by atoms with Crippen molar-refractivity contribution in [2.75, 3.05) is 26.2 Å². The third-order valence-electron chi connectivity index (χ3n) is 6.00. The van der Waals surface area contributed by atoms with Crippen molar-refractivity contribution in [1.29, 1.82) is 0 Å². The maximum atomic E-state index is 12.6. The van der Waals surface area contributed by atoms with Crippen LogP contribution in [0.2, 0.25) is 0 Å². The number of piperazine rings is 1. The van der Waals surface area contributed by atoms with Crippen LogP contribution in [0.25, 0.3) is 10.9 Å². The molecule has 1 aliphatic rings. The fourth-order valence-electron chi connectivity index (χ4n) is 4.20. The van der Waals surface area contributed by atoms with E-state index in [4.69, 9.17) is 0 Å². The molecular weight excluding hydrogens is 362 g/mol. The zero-order chi connectivity index (χ0) is 20.2. The van der Waals surface area contributed by atoms with Gasteiger partial charge in [-0.25, -0.2) is 0 Å². The number of fused-ring (bicyclic) bond motifs is 1. The Hall–Kier alpha value is -2.60. The van der Waals surface area contributed by atoms with Crippen molar-refractivity contribution in [1.82, 2.24) is 24.6 Å². The van der Waals surface area contributed by atoms with Crippen LogP contribution < -0.4 is 0 Å². The predicted molar refractivity (Wildman–Crippen MR) is 116 cm³/mol. The molecule has 2 aromatic heterocycles. The Bertz CT molecular complexity index is 965. The lowest BCUT2D eigenvalue weighted by Gasteiger charge is -2.34. The number of nitrogens with zero attached hydrogens (tertiary/aromatic N) is 4. The summed E-state index contributed by atoms with van der Waals surface area (Å²) in [6.45, 7) is 9.54. The average Bonchev–Trinajstić information content (AvgIpc) is 3.32. The van der Waals surface area contributed by atoms with E-state index in [1.807, 2.05) is 15.6 Å². The molecule has 0 saturated carbocycles. The highest BCUT2D eigenvalue weighted by molar-refractivity contribution is 5.83. The lowest BCUT2D eigenvalue weighted by Crippen LogP contribution is -2.48. The van der Waals surface area contributed by atoms with E-state index in [0.29, 0.717) is 12.3 Å². The number of benzene rings is 1. The van der Waals surface area contributed by atoms with Gasteiger partial charge in [0.15, 0.2) is 0 Å². The van der Waals surface area contributed by atoms with Crippen molar-refractivity contribution in [2.24, 2.45) is 0 Å². The summed E-state index contributed by atoms with van der Waals surface area (Å²) in [5.41, 5.74) is 4.89. The van der Waals surface area contributed by atoms with Crippen LogP contribution in [0, 0.1) is 6.92 Å². The van der Waals surface area contributed by atoms with Gasteiger partial charge in [0.05, 0.1) is 5.69 Å². The molecule has 1 fully saturated rings. The number of amides is 1. The number of carbonyl (C=O) groups excluding carboxylic acids is 1. The fourth-order valence-corrected chi connectivity index (χ4v) is 4.20. The van der Waals surface area contributed by atoms with Crippen LogP contribution in [0.1, 0.15) is 36.6 Å². The van der Waals surface area contributed by atoms with Gasteiger partial charge in [-0.05, 0) is 38.3 Å². The molecule has 1 N–H and O–H groups in total. The molecule has 6 heteroatoms. The molecule has 154 valence electrons. The van der Waals surface area contributed by atoms with Crippen molar-refractivity contribution in [3.05, 3.63) is 53.5 Å². The Balaban J connectivity index is 1.22. The van der Waals surface area contributed by atoms with Gasteiger partial charge in [0.2, 0.25) is 5.91 Å². The third kappa shape index (κ3) is 4.53. The zero-order valence-electron chi connectivity index (χ0n) is 17.5. The van der Waals surface area contributed by atoms with E-state index in [1.165, 1.54) is 22.0 Å². The zero-order valence-corrected chi connectivity index (χ0v) is 17.5. The van der Waals surface area contributed by atoms with Crippen molar-refractivity contribution >= 4 is 16.8 Å². The molecule has 0 unspecified atom stereocenters. The summed E-state index contributed by atoms with van der Waals surface area (Å²) < 4.78 is 2.00. The number of aryl methyl sites for hydroxylation is 3. The molecule has 0 aliphatic carbocycles. The van der Waals surface area contributed by atoms with E-state index in [9.17, 15) is 4.79 Å². The summed E-state index contributed by atoms with van der Waals surface area (Å²) in [4.78, 5) is 20.4. The molecule has 1 aromatic carbocycles. The van der Waals surface area contributed by atoms with E-state index in [0.717, 1.165) is 57.8 Å². The minimum absolute atomic E-state index is 0.291. The predicted octanol–water partition coefficient (Wildman–Crippen LogP) is 3.36. The second-order valence-corrected chi connectivity index (χ2v) is 7.97. The number of aromatic nitrogens is 3. The number of nitrogens with one attached hydrogen (secondary N) is 1. The highest BCUT2D eigenvalue weighted by atomic mass is 16.2. The first-order chi connectivity index (χ1) is 14.1. The minimum Gasteiger partial charge on any atom is -0.361 e. The summed E-state index contributed by atoms with van der Waals surface area (Å²) in [7, 11) is 0. The molecule has 3 aromatic rings. The lowest BCUT2D eigenvalue weighted by atomic mass is 10.1. The first-order valence-electron chi connectivity index (χ1n) is 10.7. The number of hydrogen-bond acceptors (Lipinski definition) is 3. The lowest BCUT2D eigenvalue weighted by molar-refractivity contribution is -0.133. The van der Waals surface area contributed by atoms with Crippen molar-refractivity contribution in [2.45, 2.75) is 46.2 Å². The van der Waals surface area contributed by atoms with Gasteiger partial charge in [-0.2, -0.15) is 5.10 Å². The van der Waals surface area contributed by atoms with E-state index < -0.39 is 0 Å². The molecule has 29 heavy (non-hydrogen) atoms. The Kier molecular flexibility index (Phi) is 6.00. The van der Waals surface area contributed by atoms with Gasteiger partial charge in [-0.1, -0.05) is 18.2 Å². The SMILES string of the molecule is CCn1cc(CN2CCN(C(=O)CCCc3c[nH]c4ccccc34)CC2)c(C)n1. The summed E-state index contributed by atoms with van der Waals surface area (Å²) >= 11 is 0. The molecule has 3 heterocycles. The van der Waals surface area contributed by atoms with Gasteiger partial charge in [0.1, 0.15) is 0 Å². The van der Waals surface area contributed by atoms with Crippen molar-refractivity contribution in [3.63, 3.8) is 0 Å². The van der Waals surface area contributed by atoms with E-state index in [2.05, 4.69) is 59.4 Å². The van der Waals surface area contributed by atoms with Gasteiger partial charge in [0, 0.05) is 74.5 Å². The van der Waals surface area contributed by atoms with Crippen LogP contribution in [-0.2, 0) is 24.3 Å². The number of para-hydroxylation sites is 1. The molecule has 0 radical (unpaired) electrons. The van der Waals surface area contributed by atoms with Gasteiger partial charge >= 0.3 is 0 Å². The Morgan fingerprint density at radius 3 is 2.69 bits per heavy atom. The minimum atomic E-state index is 0.291. The quantitative estimate of drug-likeness (QED) is 0.670. The Labute approximate surface area is 172 Å². The van der Waals surface area contributed by atoms with Gasteiger partial charge in [0.25, 0.3) is 0 Å². The van der Waals surface area contributed by atoms with Crippen molar-refractivity contribution < 1.29 is 4.79 Å². The average molecular weight is 394 g/mol. The van der Waals surface area contributed by atoms with Gasteiger partial charge in [-0.3, -0.25) is 14.4 Å². The number of aromatic amines is 1. The number of hydrogen-bond donors (Lipinski definition) is 1. The van der Waals surface area contributed by atoms with E-state index >= 15 is 0 Å². The van der Waals surface area contributed by atoms with Crippen molar-refractivity contribution in [3.8, 4) is 0 Å². The Morgan fingerprint density at radius 1 is 1.14 bits per heavy atom. The molecule has 0 spiro atoms. The van der Waals surface area contributed by atoms with Crippen LogP contribution in [0.5, 0.6) is 0 Å². The standard InChI is InChI=1S/C23H31N5O/c1-3-28-17-20(18(2)25-28)16-26-11-13-27(14-12-26)23(29)10-6-7-19-15-24-22-9-5-4-8-21(19)22/h4-5,8-9,15,17,24H,3,6-7,10-14,16H2,1-2H3. The van der Waals surface area contributed by atoms with Crippen LogP contribution in [-0.4, -0.2) is 56.7 Å². The van der Waals surface area contributed by atoms with Gasteiger partial charge in [-0.15, -0.1) is 0 Å². The fraction of sp³-hybridized carbons (Fsp3) is 0.478. The van der Waals surface area contributed by atoms with Crippen LogP contribution >= 0.6 is 0 Å². The molecule has 6 nitrogen and oxygen atoms in total. The molecule has 0 atom stereocenters. The number of rotatable bonds is 7. The Morgan fingerprint density at radius 2 is 1.93 bits per heavy atom. The van der Waals surface area contributed by atoms with E-state index in [-0.39, 0.29) is 0 Å². The maximum Gasteiger partial charge on any atom is 0.222 e. The largest absolute Gasteiger partial charge is 0.361 e. The molecule has 1 aliphatic heterocycles. The molecule has 1 saturated heterocycles. The monoisotopic (exact) mass is 393 g/mol. The van der Waals surface area contributed by atoms with Crippen LogP contribution in [0.15, 0.2) is 36.7 Å². The summed E-state index contributed by atoms with van der Waals surface area (Å²) in [6.07, 6.45) is 6.70. The highest BCUT2D eigenvalue weighted by Crippen LogP contribution is 2.20. The maximum absolute atomic E-state index is 12.6.